The molecule has 9 heteroatoms. The topological polar surface area (TPSA) is 105 Å². The van der Waals surface area contributed by atoms with Gasteiger partial charge in [-0.2, -0.15) is 0 Å². The number of carbonyl (C=O) groups excluding carboxylic acids is 2. The molecular weight excluding hydrogens is 415 g/mol. The fourth-order valence-corrected chi connectivity index (χ4v) is 3.53. The highest BCUT2D eigenvalue weighted by atomic mass is 19.1. The molecule has 0 spiro atoms. The Bertz CT molecular complexity index is 1210. The third-order valence-electron chi connectivity index (χ3n) is 5.22. The van der Waals surface area contributed by atoms with Crippen molar-refractivity contribution in [1.82, 2.24) is 19.8 Å². The van der Waals surface area contributed by atoms with E-state index in [1.165, 1.54) is 17.0 Å². The molecule has 4 rings (SSSR count). The molecule has 0 bridgehead atoms. The highest BCUT2D eigenvalue weighted by molar-refractivity contribution is 5.80. The van der Waals surface area contributed by atoms with E-state index in [0.717, 1.165) is 10.1 Å². The van der Waals surface area contributed by atoms with Gasteiger partial charge >= 0.3 is 11.6 Å². The summed E-state index contributed by atoms with van der Waals surface area (Å²) in [7, 11) is 0. The molecule has 2 heterocycles. The zero-order valence-electron chi connectivity index (χ0n) is 17.1. The van der Waals surface area contributed by atoms with E-state index in [9.17, 15) is 23.9 Å². The maximum Gasteiger partial charge on any atom is 0.333 e. The van der Waals surface area contributed by atoms with Gasteiger partial charge in [-0.15, -0.1) is 0 Å². The largest absolute Gasteiger partial charge is 0.502 e. The highest BCUT2D eigenvalue weighted by Crippen LogP contribution is 2.17. The first-order chi connectivity index (χ1) is 15.4. The van der Waals surface area contributed by atoms with E-state index in [1.54, 1.807) is 12.1 Å². The summed E-state index contributed by atoms with van der Waals surface area (Å²) in [5, 5.41) is 13.0. The quantitative estimate of drug-likeness (QED) is 0.615. The highest BCUT2D eigenvalue weighted by Gasteiger charge is 2.29. The van der Waals surface area contributed by atoms with Gasteiger partial charge in [0.15, 0.2) is 0 Å². The molecule has 0 radical (unpaired) electrons. The van der Waals surface area contributed by atoms with Crippen LogP contribution in [0.25, 0.3) is 0 Å². The van der Waals surface area contributed by atoms with E-state index in [1.807, 2.05) is 30.3 Å². The average molecular weight is 436 g/mol. The van der Waals surface area contributed by atoms with Crippen molar-refractivity contribution in [2.75, 3.05) is 6.54 Å². The van der Waals surface area contributed by atoms with Gasteiger partial charge in [0.05, 0.1) is 12.1 Å². The minimum absolute atomic E-state index is 0.0813. The number of hydrogen-bond donors (Lipinski definition) is 2. The number of hydrogen-bond acceptors (Lipinski definition) is 5. The van der Waals surface area contributed by atoms with E-state index in [4.69, 9.17) is 0 Å². The Morgan fingerprint density at radius 3 is 2.50 bits per heavy atom. The summed E-state index contributed by atoms with van der Waals surface area (Å²) in [4.78, 5) is 43.6. The number of fused-ring (bicyclic) bond motifs is 1. The Balaban J connectivity index is 1.47. The molecule has 164 valence electrons. The summed E-state index contributed by atoms with van der Waals surface area (Å²) < 4.78 is 13.8. The molecule has 0 unspecified atom stereocenters. The number of benzene rings is 2. The van der Waals surface area contributed by atoms with E-state index < -0.39 is 23.2 Å². The first-order valence-corrected chi connectivity index (χ1v) is 10.1. The predicted octanol–water partition coefficient (Wildman–Crippen LogP) is 1.97. The summed E-state index contributed by atoms with van der Waals surface area (Å²) in [5.74, 6) is -1.35. The molecule has 0 atom stereocenters. The number of carbonyl (C=O) groups is 2. The second-order valence-corrected chi connectivity index (χ2v) is 7.48. The normalized spacial score (nSPS) is 13.0. The number of nitrogens with one attached hydrogen (secondary N) is 1. The van der Waals surface area contributed by atoms with Crippen LogP contribution in [0.5, 0.6) is 5.75 Å². The summed E-state index contributed by atoms with van der Waals surface area (Å²) in [6.07, 6.45) is -0.00365. The lowest BCUT2D eigenvalue weighted by molar-refractivity contribution is -0.120. The summed E-state index contributed by atoms with van der Waals surface area (Å²) >= 11 is 0. The van der Waals surface area contributed by atoms with Crippen molar-refractivity contribution in [1.29, 1.82) is 0 Å². The lowest BCUT2D eigenvalue weighted by Crippen LogP contribution is -2.47. The maximum atomic E-state index is 13.0. The van der Waals surface area contributed by atoms with Gasteiger partial charge < -0.3 is 15.3 Å². The van der Waals surface area contributed by atoms with Crippen LogP contribution in [0.4, 0.5) is 9.18 Å². The summed E-state index contributed by atoms with van der Waals surface area (Å²) in [5.41, 5.74) is 0.650. The summed E-state index contributed by atoms with van der Waals surface area (Å²) in [6, 6.07) is 14.5. The molecule has 1 aliphatic heterocycles. The molecule has 2 aromatic carbocycles. The minimum Gasteiger partial charge on any atom is -0.502 e. The number of amides is 2. The number of halogens is 1. The number of nitrogens with zero attached hydrogens (tertiary/aromatic N) is 3. The molecule has 0 saturated heterocycles. The van der Waals surface area contributed by atoms with Crippen LogP contribution in [0.2, 0.25) is 0 Å². The van der Waals surface area contributed by atoms with Crippen LogP contribution in [0, 0.1) is 5.82 Å². The predicted molar refractivity (Wildman–Crippen MR) is 113 cm³/mol. The van der Waals surface area contributed by atoms with Crippen molar-refractivity contribution in [3.8, 4) is 5.75 Å². The smallest absolute Gasteiger partial charge is 0.333 e. The lowest BCUT2D eigenvalue weighted by atomic mass is 10.2. The van der Waals surface area contributed by atoms with Crippen LogP contribution in [-0.4, -0.2) is 38.0 Å². The van der Waals surface area contributed by atoms with Crippen molar-refractivity contribution >= 4 is 11.9 Å². The van der Waals surface area contributed by atoms with Gasteiger partial charge in [-0.1, -0.05) is 42.5 Å². The van der Waals surface area contributed by atoms with Crippen LogP contribution >= 0.6 is 0 Å². The zero-order chi connectivity index (χ0) is 22.7. The third-order valence-corrected chi connectivity index (χ3v) is 5.22. The summed E-state index contributed by atoms with van der Waals surface area (Å²) in [6.45, 7) is 0.859. The Morgan fingerprint density at radius 1 is 1.06 bits per heavy atom. The molecular formula is C23H21FN4O4. The van der Waals surface area contributed by atoms with Crippen LogP contribution in [0.15, 0.2) is 59.4 Å². The van der Waals surface area contributed by atoms with Crippen molar-refractivity contribution in [3.63, 3.8) is 0 Å². The van der Waals surface area contributed by atoms with E-state index in [0.29, 0.717) is 25.1 Å². The molecule has 8 nitrogen and oxygen atoms in total. The van der Waals surface area contributed by atoms with E-state index >= 15 is 0 Å². The van der Waals surface area contributed by atoms with Crippen molar-refractivity contribution in [2.45, 2.75) is 25.9 Å². The van der Waals surface area contributed by atoms with Crippen LogP contribution < -0.4 is 10.9 Å². The molecule has 3 aromatic rings. The second kappa shape index (κ2) is 9.01. The van der Waals surface area contributed by atoms with Gasteiger partial charge in [0.1, 0.15) is 11.6 Å². The van der Waals surface area contributed by atoms with Crippen LogP contribution in [0.1, 0.15) is 22.6 Å². The second-order valence-electron chi connectivity index (χ2n) is 7.48. The number of aromatic hydroxyl groups is 1. The molecule has 2 N–H and O–H groups in total. The molecule has 0 aliphatic carbocycles. The van der Waals surface area contributed by atoms with Gasteiger partial charge in [0.2, 0.25) is 11.7 Å². The van der Waals surface area contributed by atoms with Gasteiger partial charge in [0.25, 0.3) is 0 Å². The van der Waals surface area contributed by atoms with E-state index in [2.05, 4.69) is 10.3 Å². The fourth-order valence-electron chi connectivity index (χ4n) is 3.53. The third kappa shape index (κ3) is 4.51. The van der Waals surface area contributed by atoms with Gasteiger partial charge in [-0.3, -0.25) is 9.59 Å². The average Bonchev–Trinajstić information content (AvgIpc) is 2.79. The Labute approximate surface area is 182 Å². The zero-order valence-corrected chi connectivity index (χ0v) is 17.1. The SMILES string of the molecule is O=C(Cc1nc2n(c(=O)c1O)C(=O)N(Cc1ccccc1)CC2)NCc1ccc(F)cc1. The Hall–Kier alpha value is -4.01. The monoisotopic (exact) mass is 436 g/mol. The van der Waals surface area contributed by atoms with Crippen molar-refractivity contribution in [3.05, 3.63) is 93.4 Å². The Morgan fingerprint density at radius 2 is 1.78 bits per heavy atom. The molecule has 0 fully saturated rings. The van der Waals surface area contributed by atoms with Gasteiger partial charge in [-0.05, 0) is 23.3 Å². The molecule has 1 aromatic heterocycles. The van der Waals surface area contributed by atoms with Crippen LogP contribution in [0.3, 0.4) is 0 Å². The van der Waals surface area contributed by atoms with Crippen molar-refractivity contribution in [2.24, 2.45) is 0 Å². The molecule has 0 saturated carbocycles. The number of rotatable bonds is 6. The first kappa shape index (κ1) is 21.2. The van der Waals surface area contributed by atoms with Crippen molar-refractivity contribution < 1.29 is 19.1 Å². The first-order valence-electron chi connectivity index (χ1n) is 10.1. The maximum absolute atomic E-state index is 13.0. The van der Waals surface area contributed by atoms with Gasteiger partial charge in [0, 0.05) is 26.1 Å². The van der Waals surface area contributed by atoms with Gasteiger partial charge in [-0.25, -0.2) is 18.7 Å². The van der Waals surface area contributed by atoms with Crippen LogP contribution in [-0.2, 0) is 30.7 Å². The molecule has 2 amide bonds. The lowest BCUT2D eigenvalue weighted by Gasteiger charge is -2.29. The molecule has 32 heavy (non-hydrogen) atoms. The standard InChI is InChI=1S/C23H21FN4O4/c24-17-8-6-15(7-9-17)13-25-20(29)12-18-21(30)22(31)28-19(26-18)10-11-27(23(28)32)14-16-4-2-1-3-5-16/h1-9,30H,10-14H2,(H,25,29). The minimum atomic E-state index is -0.890. The van der Waals surface area contributed by atoms with E-state index in [-0.39, 0.29) is 30.3 Å². The Kier molecular flexibility index (Phi) is 5.98. The molecule has 1 aliphatic rings. The number of aromatic nitrogens is 2. The fraction of sp³-hybridized carbons (Fsp3) is 0.217.